The summed E-state index contributed by atoms with van der Waals surface area (Å²) in [4.78, 5) is 32.1. The van der Waals surface area contributed by atoms with Gasteiger partial charge >= 0.3 is 6.09 Å². The minimum absolute atomic E-state index is 0.128. The van der Waals surface area contributed by atoms with Gasteiger partial charge in [-0.25, -0.2) is 9.78 Å². The summed E-state index contributed by atoms with van der Waals surface area (Å²) in [7, 11) is 0. The lowest BCUT2D eigenvalue weighted by atomic mass is 9.99. The summed E-state index contributed by atoms with van der Waals surface area (Å²) in [6, 6.07) is -0.287. The fourth-order valence-corrected chi connectivity index (χ4v) is 3.20. The second-order valence-corrected chi connectivity index (χ2v) is 6.58. The van der Waals surface area contributed by atoms with Crippen molar-refractivity contribution in [3.8, 4) is 0 Å². The molecule has 2 atom stereocenters. The molecule has 2 unspecified atom stereocenters. The largest absolute Gasteiger partial charge is 0.465 e. The molecule has 8 nitrogen and oxygen atoms in total. The molecule has 4 N–H and O–H groups in total. The molecule has 1 aromatic heterocycles. The molecule has 2 amide bonds. The van der Waals surface area contributed by atoms with Gasteiger partial charge in [0.2, 0.25) is 0 Å². The number of imidazole rings is 1. The van der Waals surface area contributed by atoms with Crippen molar-refractivity contribution in [3.63, 3.8) is 0 Å². The molecule has 0 spiro atoms. The van der Waals surface area contributed by atoms with Crippen LogP contribution >= 0.6 is 11.6 Å². The first-order valence-electron chi connectivity index (χ1n) is 8.72. The van der Waals surface area contributed by atoms with Crippen LogP contribution in [0.25, 0.3) is 0 Å². The SMILES string of the molecule is CCCCNC1CN(C(=O)O)CCC1NC(=O)c1nc(Cl)c(CC)[nH]1. The smallest absolute Gasteiger partial charge is 0.407 e. The number of nitrogens with zero attached hydrogens (tertiary/aromatic N) is 2. The quantitative estimate of drug-likeness (QED) is 0.547. The minimum Gasteiger partial charge on any atom is -0.465 e. The molecular formula is C16H26ClN5O3. The molecule has 0 bridgehead atoms. The number of rotatable bonds is 7. The molecule has 25 heavy (non-hydrogen) atoms. The van der Waals surface area contributed by atoms with Crippen LogP contribution in [-0.4, -0.2) is 63.7 Å². The fourth-order valence-electron chi connectivity index (χ4n) is 2.94. The average molecular weight is 372 g/mol. The van der Waals surface area contributed by atoms with Gasteiger partial charge in [-0.2, -0.15) is 0 Å². The van der Waals surface area contributed by atoms with Crippen LogP contribution in [0.3, 0.4) is 0 Å². The fraction of sp³-hybridized carbons (Fsp3) is 0.688. The first-order chi connectivity index (χ1) is 12.0. The van der Waals surface area contributed by atoms with E-state index in [-0.39, 0.29) is 23.8 Å². The van der Waals surface area contributed by atoms with Crippen molar-refractivity contribution in [2.45, 2.75) is 51.6 Å². The number of carboxylic acid groups (broad SMARTS) is 1. The summed E-state index contributed by atoms with van der Waals surface area (Å²) >= 11 is 5.99. The van der Waals surface area contributed by atoms with Gasteiger partial charge in [-0.3, -0.25) is 4.79 Å². The summed E-state index contributed by atoms with van der Waals surface area (Å²) < 4.78 is 0. The molecule has 140 valence electrons. The predicted octanol–water partition coefficient (Wildman–Crippen LogP) is 1.87. The number of amides is 2. The first kappa shape index (κ1) is 19.5. The van der Waals surface area contributed by atoms with Gasteiger partial charge in [-0.05, 0) is 25.8 Å². The Morgan fingerprint density at radius 2 is 2.16 bits per heavy atom. The molecule has 1 fully saturated rings. The van der Waals surface area contributed by atoms with Gasteiger partial charge in [-0.15, -0.1) is 0 Å². The third-order valence-electron chi connectivity index (χ3n) is 4.43. The Kier molecular flexibility index (Phi) is 7.07. The number of carbonyl (C=O) groups is 2. The van der Waals surface area contributed by atoms with E-state index in [1.165, 1.54) is 4.90 Å². The van der Waals surface area contributed by atoms with Gasteiger partial charge in [0, 0.05) is 25.2 Å². The first-order valence-corrected chi connectivity index (χ1v) is 9.10. The summed E-state index contributed by atoms with van der Waals surface area (Å²) in [6.07, 6.45) is 2.33. The van der Waals surface area contributed by atoms with Crippen LogP contribution in [0.2, 0.25) is 5.15 Å². The Morgan fingerprint density at radius 1 is 1.40 bits per heavy atom. The molecule has 0 aromatic carbocycles. The highest BCUT2D eigenvalue weighted by Gasteiger charge is 2.32. The standard InChI is InChI=1S/C16H26ClN5O3/c1-3-5-7-18-12-9-22(16(24)25)8-6-11(12)20-15(23)14-19-10(4-2)13(17)21-14/h11-12,18H,3-9H2,1-2H3,(H,19,21)(H,20,23)(H,24,25). The van der Waals surface area contributed by atoms with Gasteiger partial charge in [0.15, 0.2) is 11.0 Å². The maximum Gasteiger partial charge on any atom is 0.407 e. The lowest BCUT2D eigenvalue weighted by molar-refractivity contribution is 0.0862. The molecule has 1 aromatic rings. The highest BCUT2D eigenvalue weighted by atomic mass is 35.5. The highest BCUT2D eigenvalue weighted by Crippen LogP contribution is 2.15. The Hall–Kier alpha value is -1.80. The number of unbranched alkanes of at least 4 members (excludes halogenated alkanes) is 1. The van der Waals surface area contributed by atoms with E-state index < -0.39 is 6.09 Å². The number of likely N-dealkylation sites (tertiary alicyclic amines) is 1. The van der Waals surface area contributed by atoms with E-state index in [1.54, 1.807) is 0 Å². The van der Waals surface area contributed by atoms with Crippen LogP contribution in [0.4, 0.5) is 4.79 Å². The Bertz CT molecular complexity index is 607. The molecule has 1 aliphatic heterocycles. The molecular weight excluding hydrogens is 346 g/mol. The lowest BCUT2D eigenvalue weighted by Crippen LogP contribution is -2.60. The number of aryl methyl sites for hydroxylation is 1. The zero-order valence-electron chi connectivity index (χ0n) is 14.6. The van der Waals surface area contributed by atoms with Crippen molar-refractivity contribution in [2.24, 2.45) is 0 Å². The number of nitrogens with one attached hydrogen (secondary N) is 3. The molecule has 1 saturated heterocycles. The number of hydrogen-bond donors (Lipinski definition) is 4. The third kappa shape index (κ3) is 5.09. The summed E-state index contributed by atoms with van der Waals surface area (Å²) in [5.74, 6) is -0.132. The number of aromatic amines is 1. The van der Waals surface area contributed by atoms with E-state index in [0.29, 0.717) is 31.1 Å². The van der Waals surface area contributed by atoms with Crippen LogP contribution < -0.4 is 10.6 Å². The third-order valence-corrected chi connectivity index (χ3v) is 4.75. The molecule has 0 aliphatic carbocycles. The number of carbonyl (C=O) groups excluding carboxylic acids is 1. The van der Waals surface area contributed by atoms with Gasteiger partial charge in [0.25, 0.3) is 5.91 Å². The van der Waals surface area contributed by atoms with E-state index >= 15 is 0 Å². The monoisotopic (exact) mass is 371 g/mol. The van der Waals surface area contributed by atoms with Crippen LogP contribution in [0, 0.1) is 0 Å². The van der Waals surface area contributed by atoms with E-state index in [4.69, 9.17) is 11.6 Å². The van der Waals surface area contributed by atoms with Gasteiger partial charge in [-0.1, -0.05) is 31.9 Å². The molecule has 9 heteroatoms. The summed E-state index contributed by atoms with van der Waals surface area (Å²) in [5.41, 5.74) is 0.727. The molecule has 1 aliphatic rings. The Labute approximate surface area is 152 Å². The van der Waals surface area contributed by atoms with Gasteiger partial charge in [0.1, 0.15) is 0 Å². The topological polar surface area (TPSA) is 110 Å². The van der Waals surface area contributed by atoms with E-state index in [0.717, 1.165) is 25.1 Å². The van der Waals surface area contributed by atoms with Crippen molar-refractivity contribution in [3.05, 3.63) is 16.7 Å². The molecule has 2 heterocycles. The zero-order chi connectivity index (χ0) is 18.4. The van der Waals surface area contributed by atoms with Crippen molar-refractivity contribution in [1.29, 1.82) is 0 Å². The van der Waals surface area contributed by atoms with E-state index in [2.05, 4.69) is 27.5 Å². The average Bonchev–Trinajstić information content (AvgIpc) is 2.97. The van der Waals surface area contributed by atoms with Crippen LogP contribution in [0.5, 0.6) is 0 Å². The van der Waals surface area contributed by atoms with Crippen LogP contribution in [-0.2, 0) is 6.42 Å². The number of piperidine rings is 1. The van der Waals surface area contributed by atoms with Crippen molar-refractivity contribution < 1.29 is 14.7 Å². The van der Waals surface area contributed by atoms with Crippen molar-refractivity contribution in [1.82, 2.24) is 25.5 Å². The summed E-state index contributed by atoms with van der Waals surface area (Å²) in [5, 5.41) is 15.9. The van der Waals surface area contributed by atoms with E-state index in [9.17, 15) is 14.7 Å². The minimum atomic E-state index is -0.933. The van der Waals surface area contributed by atoms with E-state index in [1.807, 2.05) is 6.92 Å². The highest BCUT2D eigenvalue weighted by molar-refractivity contribution is 6.30. The summed E-state index contributed by atoms with van der Waals surface area (Å²) in [6.45, 7) is 5.55. The second-order valence-electron chi connectivity index (χ2n) is 6.22. The normalized spacial score (nSPS) is 20.5. The van der Waals surface area contributed by atoms with Crippen LogP contribution in [0.15, 0.2) is 0 Å². The maximum atomic E-state index is 12.5. The zero-order valence-corrected chi connectivity index (χ0v) is 15.4. The Morgan fingerprint density at radius 3 is 2.76 bits per heavy atom. The predicted molar refractivity (Wildman–Crippen MR) is 95.1 cm³/mol. The number of hydrogen-bond acceptors (Lipinski definition) is 4. The van der Waals surface area contributed by atoms with Crippen LogP contribution in [0.1, 0.15) is 49.4 Å². The Balaban J connectivity index is 2.03. The number of aromatic nitrogens is 2. The van der Waals surface area contributed by atoms with Gasteiger partial charge in [0.05, 0.1) is 5.69 Å². The van der Waals surface area contributed by atoms with Gasteiger partial charge < -0.3 is 25.6 Å². The molecule has 2 rings (SSSR count). The molecule has 0 radical (unpaired) electrons. The van der Waals surface area contributed by atoms with Crippen molar-refractivity contribution in [2.75, 3.05) is 19.6 Å². The maximum absolute atomic E-state index is 12.5. The second kappa shape index (κ2) is 9.05. The molecule has 0 saturated carbocycles. The number of H-pyrrole nitrogens is 1. The van der Waals surface area contributed by atoms with Crippen molar-refractivity contribution >= 4 is 23.6 Å². The lowest BCUT2D eigenvalue weighted by Gasteiger charge is -2.38. The number of halogens is 1.